The smallest absolute Gasteiger partial charge is 0.219 e. The lowest BCUT2D eigenvalue weighted by molar-refractivity contribution is 0.219. The van der Waals surface area contributed by atoms with E-state index in [0.29, 0.717) is 42.5 Å². The van der Waals surface area contributed by atoms with Crippen LogP contribution in [0.1, 0.15) is 11.1 Å². The molecule has 0 unspecified atom stereocenters. The van der Waals surface area contributed by atoms with Gasteiger partial charge in [-0.15, -0.1) is 0 Å². The number of hydrogen-bond acceptors (Lipinski definition) is 5. The summed E-state index contributed by atoms with van der Waals surface area (Å²) in [7, 11) is 0. The molecular formula is C22H18ClF2N5O. The van der Waals surface area contributed by atoms with Crippen molar-refractivity contribution in [1.29, 1.82) is 0 Å². The Morgan fingerprint density at radius 2 is 1.94 bits per heavy atom. The van der Waals surface area contributed by atoms with Gasteiger partial charge in [0.05, 0.1) is 10.5 Å². The highest BCUT2D eigenvalue weighted by Crippen LogP contribution is 2.36. The van der Waals surface area contributed by atoms with Crippen molar-refractivity contribution in [2.75, 3.05) is 18.9 Å². The van der Waals surface area contributed by atoms with Crippen molar-refractivity contribution in [3.8, 4) is 11.4 Å². The van der Waals surface area contributed by atoms with Gasteiger partial charge in [-0.1, -0.05) is 11.6 Å². The van der Waals surface area contributed by atoms with Gasteiger partial charge < -0.3 is 15.0 Å². The highest BCUT2D eigenvalue weighted by molar-refractivity contribution is 6.32. The van der Waals surface area contributed by atoms with Gasteiger partial charge in [-0.05, 0) is 30.3 Å². The topological polar surface area (TPSA) is 69.2 Å². The molecule has 2 aromatic heterocycles. The molecule has 0 saturated carbocycles. The summed E-state index contributed by atoms with van der Waals surface area (Å²) in [6.07, 6.45) is 5.11. The van der Waals surface area contributed by atoms with Crippen molar-refractivity contribution in [3.63, 3.8) is 0 Å². The molecule has 6 nitrogen and oxygen atoms in total. The zero-order chi connectivity index (χ0) is 21.5. The van der Waals surface area contributed by atoms with Gasteiger partial charge in [0.1, 0.15) is 12.4 Å². The number of halogens is 3. The first-order valence-electron chi connectivity index (χ1n) is 9.69. The summed E-state index contributed by atoms with van der Waals surface area (Å²) in [5, 5.41) is 0.682. The zero-order valence-corrected chi connectivity index (χ0v) is 17.1. The summed E-state index contributed by atoms with van der Waals surface area (Å²) in [6, 6.07) is 7.96. The van der Waals surface area contributed by atoms with E-state index < -0.39 is 11.6 Å². The Bertz CT molecular complexity index is 1280. The van der Waals surface area contributed by atoms with Gasteiger partial charge in [0.2, 0.25) is 5.95 Å². The Morgan fingerprint density at radius 3 is 2.74 bits per heavy atom. The minimum Gasteiger partial charge on any atom is -0.490 e. The summed E-state index contributed by atoms with van der Waals surface area (Å²) in [5.74, 6) is -0.867. The van der Waals surface area contributed by atoms with Gasteiger partial charge >= 0.3 is 0 Å². The molecule has 31 heavy (non-hydrogen) atoms. The molecule has 0 aliphatic carbocycles. The Morgan fingerprint density at radius 1 is 1.13 bits per heavy atom. The number of aromatic nitrogens is 3. The van der Waals surface area contributed by atoms with E-state index in [1.54, 1.807) is 41.4 Å². The quantitative estimate of drug-likeness (QED) is 0.512. The SMILES string of the molecule is Nc1ncc(CN2CCOc3c(Cl)cc(-n4ccc5c(F)c(F)ccc54)cc3C2)cn1. The van der Waals surface area contributed by atoms with E-state index in [1.807, 2.05) is 6.07 Å². The molecule has 3 heterocycles. The van der Waals surface area contributed by atoms with Gasteiger partial charge in [-0.3, -0.25) is 4.90 Å². The third-order valence-electron chi connectivity index (χ3n) is 5.32. The van der Waals surface area contributed by atoms with Gasteiger partial charge in [-0.25, -0.2) is 18.7 Å². The van der Waals surface area contributed by atoms with E-state index in [9.17, 15) is 8.78 Å². The number of nitrogen functional groups attached to an aromatic ring is 1. The highest BCUT2D eigenvalue weighted by Gasteiger charge is 2.20. The molecule has 1 aliphatic heterocycles. The molecule has 0 atom stereocenters. The molecule has 0 fully saturated rings. The molecule has 9 heteroatoms. The monoisotopic (exact) mass is 441 g/mol. The van der Waals surface area contributed by atoms with Crippen molar-refractivity contribution >= 4 is 28.5 Å². The number of nitrogens with zero attached hydrogens (tertiary/aromatic N) is 4. The van der Waals surface area contributed by atoms with E-state index in [1.165, 1.54) is 0 Å². The van der Waals surface area contributed by atoms with Crippen LogP contribution in [0.2, 0.25) is 5.02 Å². The minimum atomic E-state index is -0.874. The van der Waals surface area contributed by atoms with E-state index in [2.05, 4.69) is 14.9 Å². The number of anilines is 1. The molecule has 1 aliphatic rings. The van der Waals surface area contributed by atoms with Gasteiger partial charge in [-0.2, -0.15) is 0 Å². The predicted molar refractivity (Wildman–Crippen MR) is 114 cm³/mol. The van der Waals surface area contributed by atoms with Crippen molar-refractivity contribution in [2.24, 2.45) is 0 Å². The molecule has 0 amide bonds. The number of fused-ring (bicyclic) bond motifs is 2. The van der Waals surface area contributed by atoms with Crippen molar-refractivity contribution in [1.82, 2.24) is 19.4 Å². The Hall–Kier alpha value is -3.23. The summed E-state index contributed by atoms with van der Waals surface area (Å²) < 4.78 is 35.5. The Kier molecular flexibility index (Phi) is 4.95. The third-order valence-corrected chi connectivity index (χ3v) is 5.60. The molecule has 5 rings (SSSR count). The fourth-order valence-electron chi connectivity index (χ4n) is 3.87. The minimum absolute atomic E-state index is 0.215. The molecule has 4 aromatic rings. The van der Waals surface area contributed by atoms with Crippen LogP contribution in [-0.2, 0) is 13.1 Å². The van der Waals surface area contributed by atoms with Crippen LogP contribution in [0.5, 0.6) is 5.75 Å². The third kappa shape index (κ3) is 3.68. The van der Waals surface area contributed by atoms with Crippen LogP contribution >= 0.6 is 11.6 Å². The largest absolute Gasteiger partial charge is 0.490 e. The molecule has 0 bridgehead atoms. The molecule has 0 saturated heterocycles. The molecule has 0 radical (unpaired) electrons. The van der Waals surface area contributed by atoms with Crippen molar-refractivity contribution in [2.45, 2.75) is 13.1 Å². The summed E-state index contributed by atoms with van der Waals surface area (Å²) in [6.45, 7) is 2.40. The van der Waals surface area contributed by atoms with E-state index in [0.717, 1.165) is 22.9 Å². The predicted octanol–water partition coefficient (Wildman–Crippen LogP) is 4.33. The standard InChI is InChI=1S/C22H18ClF2N5O/c23-17-8-15(30-4-3-16-19(30)2-1-18(24)20(16)25)7-14-12-29(5-6-31-21(14)17)11-13-9-27-22(26)28-10-13/h1-4,7-10H,5-6,11-12H2,(H2,26,27,28). The maximum atomic E-state index is 14.2. The van der Waals surface area contributed by atoms with Crippen molar-refractivity contribution < 1.29 is 13.5 Å². The normalized spacial score (nSPS) is 14.3. The number of nitrogens with two attached hydrogens (primary N) is 1. The van der Waals surface area contributed by atoms with Crippen LogP contribution in [0.4, 0.5) is 14.7 Å². The van der Waals surface area contributed by atoms with Crippen LogP contribution in [0.3, 0.4) is 0 Å². The lowest BCUT2D eigenvalue weighted by Gasteiger charge is -2.19. The first-order chi connectivity index (χ1) is 15.0. The highest BCUT2D eigenvalue weighted by atomic mass is 35.5. The first-order valence-corrected chi connectivity index (χ1v) is 10.1. The molecule has 158 valence electrons. The number of hydrogen-bond donors (Lipinski definition) is 1. The molecule has 2 aromatic carbocycles. The van der Waals surface area contributed by atoms with E-state index >= 15 is 0 Å². The van der Waals surface area contributed by atoms with Crippen LogP contribution in [-0.4, -0.2) is 32.6 Å². The summed E-state index contributed by atoms with van der Waals surface area (Å²) >= 11 is 6.54. The van der Waals surface area contributed by atoms with Crippen LogP contribution in [0.25, 0.3) is 16.6 Å². The lowest BCUT2D eigenvalue weighted by Crippen LogP contribution is -2.25. The molecule has 2 N–H and O–H groups in total. The Labute approximate surface area is 181 Å². The second-order valence-electron chi connectivity index (χ2n) is 7.40. The number of ether oxygens (including phenoxy) is 1. The van der Waals surface area contributed by atoms with Crippen molar-refractivity contribution in [3.05, 3.63) is 76.7 Å². The van der Waals surface area contributed by atoms with Gasteiger partial charge in [0, 0.05) is 60.4 Å². The number of benzene rings is 2. The summed E-state index contributed by atoms with van der Waals surface area (Å²) in [5.41, 5.74) is 8.71. The molecule has 0 spiro atoms. The average molecular weight is 442 g/mol. The zero-order valence-electron chi connectivity index (χ0n) is 16.4. The number of rotatable bonds is 3. The van der Waals surface area contributed by atoms with Gasteiger partial charge in [0.15, 0.2) is 11.6 Å². The maximum absolute atomic E-state index is 14.2. The fraction of sp³-hybridized carbons (Fsp3) is 0.182. The summed E-state index contributed by atoms with van der Waals surface area (Å²) in [4.78, 5) is 10.3. The second kappa shape index (κ2) is 7.79. The van der Waals surface area contributed by atoms with Gasteiger partial charge in [0.25, 0.3) is 0 Å². The van der Waals surface area contributed by atoms with E-state index in [4.69, 9.17) is 22.1 Å². The van der Waals surface area contributed by atoms with Crippen LogP contribution in [0, 0.1) is 11.6 Å². The average Bonchev–Trinajstić information content (AvgIpc) is 3.08. The lowest BCUT2D eigenvalue weighted by atomic mass is 10.1. The molecular weight excluding hydrogens is 424 g/mol. The van der Waals surface area contributed by atoms with E-state index in [-0.39, 0.29) is 11.3 Å². The maximum Gasteiger partial charge on any atom is 0.219 e. The van der Waals surface area contributed by atoms with Crippen LogP contribution < -0.4 is 10.5 Å². The second-order valence-corrected chi connectivity index (χ2v) is 7.81. The fourth-order valence-corrected chi connectivity index (χ4v) is 4.16. The first kappa shape index (κ1) is 19.7. The Balaban J connectivity index is 1.51. The van der Waals surface area contributed by atoms with Crippen LogP contribution in [0.15, 0.2) is 48.9 Å².